The highest BCUT2D eigenvalue weighted by Gasteiger charge is 2.25. The normalized spacial score (nSPS) is 16.7. The van der Waals surface area contributed by atoms with Crippen LogP contribution in [0.15, 0.2) is 48.5 Å². The Morgan fingerprint density at radius 1 is 1.00 bits per heavy atom. The molecule has 2 aromatic rings. The summed E-state index contributed by atoms with van der Waals surface area (Å²) in [6, 6.07) is 17.1. The van der Waals surface area contributed by atoms with Crippen LogP contribution in [0.3, 0.4) is 0 Å². The molecule has 0 aromatic heterocycles. The number of rotatable bonds is 4. The summed E-state index contributed by atoms with van der Waals surface area (Å²) in [6.45, 7) is 0. The maximum Gasteiger partial charge on any atom is 0.0591 e. The van der Waals surface area contributed by atoms with Crippen LogP contribution in [0, 0.1) is 0 Å². The fourth-order valence-corrected chi connectivity index (χ4v) is 3.30. The van der Waals surface area contributed by atoms with Gasteiger partial charge in [-0.05, 0) is 48.6 Å². The maximum absolute atomic E-state index is 6.39. The van der Waals surface area contributed by atoms with E-state index >= 15 is 0 Å². The van der Waals surface area contributed by atoms with Gasteiger partial charge in [0.2, 0.25) is 0 Å². The predicted octanol–water partition coefficient (Wildman–Crippen LogP) is 4.92. The molecule has 1 aliphatic rings. The van der Waals surface area contributed by atoms with Crippen LogP contribution in [0.4, 0.5) is 0 Å². The van der Waals surface area contributed by atoms with Crippen LogP contribution in [0.1, 0.15) is 47.9 Å². The Labute approximate surface area is 126 Å². The molecule has 2 heteroatoms. The summed E-state index contributed by atoms with van der Waals surface area (Å²) in [7, 11) is 2.01. The molecule has 0 amide bonds. The molecule has 1 atom stereocenters. The molecule has 0 spiro atoms. The molecule has 1 nitrogen and oxygen atoms in total. The van der Waals surface area contributed by atoms with Gasteiger partial charge in [0.15, 0.2) is 0 Å². The number of nitrogens with one attached hydrogen (secondary N) is 1. The minimum atomic E-state index is 0.167. The Bertz CT molecular complexity index is 589. The van der Waals surface area contributed by atoms with Crippen molar-refractivity contribution in [2.45, 2.75) is 31.2 Å². The van der Waals surface area contributed by atoms with Gasteiger partial charge in [-0.15, -0.1) is 0 Å². The van der Waals surface area contributed by atoms with Gasteiger partial charge in [-0.2, -0.15) is 0 Å². The second kappa shape index (κ2) is 5.99. The Morgan fingerprint density at radius 3 is 2.25 bits per heavy atom. The topological polar surface area (TPSA) is 12.0 Å². The Morgan fingerprint density at radius 2 is 1.65 bits per heavy atom. The van der Waals surface area contributed by atoms with E-state index in [0.29, 0.717) is 0 Å². The third-order valence-corrected chi connectivity index (χ3v) is 4.70. The van der Waals surface area contributed by atoms with Gasteiger partial charge in [-0.1, -0.05) is 60.5 Å². The van der Waals surface area contributed by atoms with Gasteiger partial charge in [-0.25, -0.2) is 0 Å². The Hall–Kier alpha value is -1.31. The highest BCUT2D eigenvalue weighted by Crippen LogP contribution is 2.41. The van der Waals surface area contributed by atoms with Gasteiger partial charge in [0.05, 0.1) is 6.04 Å². The zero-order valence-corrected chi connectivity index (χ0v) is 12.5. The quantitative estimate of drug-likeness (QED) is 0.841. The molecule has 0 saturated heterocycles. The number of benzene rings is 2. The summed E-state index contributed by atoms with van der Waals surface area (Å²) in [5.41, 5.74) is 4.01. The van der Waals surface area contributed by atoms with Crippen LogP contribution in [-0.2, 0) is 0 Å². The van der Waals surface area contributed by atoms with Crippen molar-refractivity contribution in [2.75, 3.05) is 7.05 Å². The molecule has 1 N–H and O–H groups in total. The molecule has 1 saturated carbocycles. The lowest BCUT2D eigenvalue weighted by Crippen LogP contribution is -2.22. The summed E-state index contributed by atoms with van der Waals surface area (Å²) in [4.78, 5) is 0. The first-order valence-electron chi connectivity index (χ1n) is 7.31. The van der Waals surface area contributed by atoms with Crippen molar-refractivity contribution in [3.63, 3.8) is 0 Å². The maximum atomic E-state index is 6.39. The molecule has 0 bridgehead atoms. The van der Waals surface area contributed by atoms with Crippen LogP contribution in [0.2, 0.25) is 5.02 Å². The minimum absolute atomic E-state index is 0.167. The molecule has 3 rings (SSSR count). The highest BCUT2D eigenvalue weighted by atomic mass is 35.5. The van der Waals surface area contributed by atoms with Gasteiger partial charge in [0.1, 0.15) is 0 Å². The van der Waals surface area contributed by atoms with Crippen LogP contribution in [0.25, 0.3) is 0 Å². The lowest BCUT2D eigenvalue weighted by molar-refractivity contribution is 0.415. The summed E-state index contributed by atoms with van der Waals surface area (Å²) < 4.78 is 0. The summed E-state index contributed by atoms with van der Waals surface area (Å²) in [6.07, 6.45) is 3.99. The third-order valence-electron chi connectivity index (χ3n) is 4.36. The molecule has 2 aromatic carbocycles. The standard InChI is InChI=1S/C18H20ClN/c1-20-18(16-11-4-5-12-17(16)19)15-10-3-2-9-14(15)13-7-6-8-13/h2-5,9-13,18,20H,6-8H2,1H3. The van der Waals surface area contributed by atoms with Gasteiger partial charge in [0.25, 0.3) is 0 Å². The van der Waals surface area contributed by atoms with E-state index in [1.807, 2.05) is 19.2 Å². The first-order valence-corrected chi connectivity index (χ1v) is 7.69. The fourth-order valence-electron chi connectivity index (χ4n) is 3.05. The lowest BCUT2D eigenvalue weighted by atomic mass is 9.76. The van der Waals surface area contributed by atoms with Crippen molar-refractivity contribution < 1.29 is 0 Å². The van der Waals surface area contributed by atoms with E-state index in [1.54, 1.807) is 0 Å². The average Bonchev–Trinajstić information content (AvgIpc) is 2.41. The third kappa shape index (κ3) is 2.48. The molecule has 104 valence electrons. The smallest absolute Gasteiger partial charge is 0.0591 e. The molecule has 0 heterocycles. The zero-order valence-electron chi connectivity index (χ0n) is 11.8. The summed E-state index contributed by atoms with van der Waals surface area (Å²) in [5.74, 6) is 0.726. The van der Waals surface area contributed by atoms with Gasteiger partial charge >= 0.3 is 0 Å². The van der Waals surface area contributed by atoms with Gasteiger partial charge < -0.3 is 5.32 Å². The fraction of sp³-hybridized carbons (Fsp3) is 0.333. The molecule has 1 unspecified atom stereocenters. The molecule has 0 radical (unpaired) electrons. The van der Waals surface area contributed by atoms with Crippen LogP contribution >= 0.6 is 11.6 Å². The van der Waals surface area contributed by atoms with Gasteiger partial charge in [-0.3, -0.25) is 0 Å². The zero-order chi connectivity index (χ0) is 13.9. The Balaban J connectivity index is 2.03. The van der Waals surface area contributed by atoms with Crippen LogP contribution in [-0.4, -0.2) is 7.05 Å². The molecule has 20 heavy (non-hydrogen) atoms. The van der Waals surface area contributed by atoms with Crippen molar-refractivity contribution in [3.8, 4) is 0 Å². The van der Waals surface area contributed by atoms with Crippen molar-refractivity contribution >= 4 is 11.6 Å². The monoisotopic (exact) mass is 285 g/mol. The molecule has 1 aliphatic carbocycles. The number of halogens is 1. The largest absolute Gasteiger partial charge is 0.309 e. The summed E-state index contributed by atoms with van der Waals surface area (Å²) in [5, 5.41) is 4.26. The van der Waals surface area contributed by atoms with E-state index in [2.05, 4.69) is 41.7 Å². The molecule has 1 fully saturated rings. The van der Waals surface area contributed by atoms with E-state index in [-0.39, 0.29) is 6.04 Å². The van der Waals surface area contributed by atoms with Crippen molar-refractivity contribution in [3.05, 3.63) is 70.2 Å². The first-order chi connectivity index (χ1) is 9.81. The van der Waals surface area contributed by atoms with Gasteiger partial charge in [0, 0.05) is 5.02 Å². The average molecular weight is 286 g/mol. The predicted molar refractivity (Wildman–Crippen MR) is 85.4 cm³/mol. The van der Waals surface area contributed by atoms with E-state index in [1.165, 1.54) is 30.4 Å². The molecular weight excluding hydrogens is 266 g/mol. The number of hydrogen-bond donors (Lipinski definition) is 1. The van der Waals surface area contributed by atoms with E-state index < -0.39 is 0 Å². The first kappa shape index (κ1) is 13.7. The van der Waals surface area contributed by atoms with E-state index in [0.717, 1.165) is 16.5 Å². The second-order valence-corrected chi connectivity index (χ2v) is 5.91. The van der Waals surface area contributed by atoms with Crippen molar-refractivity contribution in [2.24, 2.45) is 0 Å². The highest BCUT2D eigenvalue weighted by molar-refractivity contribution is 6.31. The second-order valence-electron chi connectivity index (χ2n) is 5.50. The van der Waals surface area contributed by atoms with E-state index in [9.17, 15) is 0 Å². The van der Waals surface area contributed by atoms with Crippen LogP contribution in [0.5, 0.6) is 0 Å². The summed E-state index contributed by atoms with van der Waals surface area (Å²) >= 11 is 6.39. The van der Waals surface area contributed by atoms with E-state index in [4.69, 9.17) is 11.6 Å². The minimum Gasteiger partial charge on any atom is -0.309 e. The molecular formula is C18H20ClN. The SMILES string of the molecule is CNC(c1ccccc1Cl)c1ccccc1C1CCC1. The number of hydrogen-bond acceptors (Lipinski definition) is 1. The van der Waals surface area contributed by atoms with Crippen LogP contribution < -0.4 is 5.32 Å². The Kier molecular flexibility index (Phi) is 4.09. The van der Waals surface area contributed by atoms with Crippen molar-refractivity contribution in [1.82, 2.24) is 5.32 Å². The van der Waals surface area contributed by atoms with Crippen molar-refractivity contribution in [1.29, 1.82) is 0 Å². The lowest BCUT2D eigenvalue weighted by Gasteiger charge is -2.30. The molecule has 0 aliphatic heterocycles.